The standard InChI is InChI=1S/C12H10IN/c13-10-5-4-8-12(9-10)14-11-6-2-1-3-7-11/h1-9,14H. The molecule has 0 saturated heterocycles. The molecule has 0 aromatic heterocycles. The molecule has 1 nitrogen and oxygen atoms in total. The summed E-state index contributed by atoms with van der Waals surface area (Å²) < 4.78 is 1.24. The van der Waals surface area contributed by atoms with E-state index >= 15 is 0 Å². The highest BCUT2D eigenvalue weighted by Crippen LogP contribution is 2.17. The molecular formula is C12H10IN. The number of para-hydroxylation sites is 1. The molecule has 2 rings (SSSR count). The monoisotopic (exact) mass is 295 g/mol. The van der Waals surface area contributed by atoms with Gasteiger partial charge in [0, 0.05) is 14.9 Å². The second kappa shape index (κ2) is 4.46. The van der Waals surface area contributed by atoms with E-state index in [0.29, 0.717) is 0 Å². The topological polar surface area (TPSA) is 12.0 Å². The summed E-state index contributed by atoms with van der Waals surface area (Å²) in [4.78, 5) is 0. The Hall–Kier alpha value is -1.03. The number of rotatable bonds is 2. The lowest BCUT2D eigenvalue weighted by atomic mass is 10.3. The summed E-state index contributed by atoms with van der Waals surface area (Å²) in [7, 11) is 0. The third kappa shape index (κ3) is 2.48. The van der Waals surface area contributed by atoms with Crippen LogP contribution >= 0.6 is 22.6 Å². The number of hydrogen-bond donors (Lipinski definition) is 1. The Kier molecular flexibility index (Phi) is 3.03. The number of hydrogen-bond acceptors (Lipinski definition) is 1. The molecule has 0 aliphatic carbocycles. The van der Waals surface area contributed by atoms with Crippen molar-refractivity contribution in [1.82, 2.24) is 0 Å². The van der Waals surface area contributed by atoms with Crippen LogP contribution in [0.15, 0.2) is 54.6 Å². The van der Waals surface area contributed by atoms with Crippen LogP contribution in [0.2, 0.25) is 0 Å². The molecule has 0 amide bonds. The van der Waals surface area contributed by atoms with Crippen LogP contribution in [0.5, 0.6) is 0 Å². The Balaban J connectivity index is 2.19. The molecule has 0 radical (unpaired) electrons. The summed E-state index contributed by atoms with van der Waals surface area (Å²) in [6, 6.07) is 18.5. The van der Waals surface area contributed by atoms with Crippen LogP contribution in [-0.2, 0) is 0 Å². The van der Waals surface area contributed by atoms with Crippen molar-refractivity contribution in [2.75, 3.05) is 5.32 Å². The number of anilines is 2. The first-order valence-electron chi connectivity index (χ1n) is 4.42. The zero-order valence-electron chi connectivity index (χ0n) is 7.57. The van der Waals surface area contributed by atoms with E-state index in [9.17, 15) is 0 Å². The third-order valence-electron chi connectivity index (χ3n) is 1.89. The molecule has 0 bridgehead atoms. The highest BCUT2D eigenvalue weighted by molar-refractivity contribution is 14.1. The van der Waals surface area contributed by atoms with E-state index in [2.05, 4.69) is 58.2 Å². The quantitative estimate of drug-likeness (QED) is 0.825. The van der Waals surface area contributed by atoms with Gasteiger partial charge in [0.25, 0.3) is 0 Å². The van der Waals surface area contributed by atoms with Gasteiger partial charge in [-0.15, -0.1) is 0 Å². The van der Waals surface area contributed by atoms with Crippen molar-refractivity contribution in [3.63, 3.8) is 0 Å². The third-order valence-corrected chi connectivity index (χ3v) is 2.56. The van der Waals surface area contributed by atoms with Crippen LogP contribution < -0.4 is 5.32 Å². The SMILES string of the molecule is Ic1cccc(Nc2ccccc2)c1. The Morgan fingerprint density at radius 2 is 1.50 bits per heavy atom. The molecule has 70 valence electrons. The molecule has 0 aliphatic rings. The summed E-state index contributed by atoms with van der Waals surface area (Å²) in [6.45, 7) is 0. The minimum Gasteiger partial charge on any atom is -0.355 e. The molecular weight excluding hydrogens is 285 g/mol. The predicted molar refractivity (Wildman–Crippen MR) is 68.9 cm³/mol. The van der Waals surface area contributed by atoms with Gasteiger partial charge in [-0.25, -0.2) is 0 Å². The van der Waals surface area contributed by atoms with Crippen molar-refractivity contribution >= 4 is 34.0 Å². The largest absolute Gasteiger partial charge is 0.355 e. The summed E-state index contributed by atoms with van der Waals surface area (Å²) >= 11 is 2.31. The van der Waals surface area contributed by atoms with Crippen LogP contribution in [0, 0.1) is 3.57 Å². The fourth-order valence-corrected chi connectivity index (χ4v) is 1.80. The van der Waals surface area contributed by atoms with Gasteiger partial charge in [-0.1, -0.05) is 24.3 Å². The van der Waals surface area contributed by atoms with E-state index < -0.39 is 0 Å². The maximum atomic E-state index is 3.34. The molecule has 0 unspecified atom stereocenters. The molecule has 0 aliphatic heterocycles. The lowest BCUT2D eigenvalue weighted by molar-refractivity contribution is 1.53. The fourth-order valence-electron chi connectivity index (χ4n) is 1.25. The van der Waals surface area contributed by atoms with Crippen molar-refractivity contribution in [3.05, 3.63) is 58.2 Å². The Morgan fingerprint density at radius 3 is 2.21 bits per heavy atom. The number of nitrogens with one attached hydrogen (secondary N) is 1. The first-order valence-corrected chi connectivity index (χ1v) is 5.50. The van der Waals surface area contributed by atoms with Gasteiger partial charge in [-0.05, 0) is 52.9 Å². The highest BCUT2D eigenvalue weighted by atomic mass is 127. The zero-order valence-corrected chi connectivity index (χ0v) is 9.73. The predicted octanol–water partition coefficient (Wildman–Crippen LogP) is 4.03. The molecule has 0 fully saturated rings. The minimum atomic E-state index is 1.12. The molecule has 2 aromatic rings. The molecule has 0 atom stereocenters. The van der Waals surface area contributed by atoms with Gasteiger partial charge in [0.15, 0.2) is 0 Å². The molecule has 2 heteroatoms. The van der Waals surface area contributed by atoms with Gasteiger partial charge in [0.05, 0.1) is 0 Å². The molecule has 14 heavy (non-hydrogen) atoms. The summed E-state index contributed by atoms with van der Waals surface area (Å²) in [5, 5.41) is 3.34. The van der Waals surface area contributed by atoms with Crippen molar-refractivity contribution < 1.29 is 0 Å². The van der Waals surface area contributed by atoms with Crippen molar-refractivity contribution in [3.8, 4) is 0 Å². The van der Waals surface area contributed by atoms with E-state index in [1.807, 2.05) is 24.3 Å². The minimum absolute atomic E-state index is 1.12. The van der Waals surface area contributed by atoms with Crippen LogP contribution in [0.3, 0.4) is 0 Å². The fraction of sp³-hybridized carbons (Fsp3) is 0. The second-order valence-corrected chi connectivity index (χ2v) is 4.25. The normalized spacial score (nSPS) is 9.79. The summed E-state index contributed by atoms with van der Waals surface area (Å²) in [5.74, 6) is 0. The molecule has 2 aromatic carbocycles. The van der Waals surface area contributed by atoms with Crippen molar-refractivity contribution in [2.24, 2.45) is 0 Å². The summed E-state index contributed by atoms with van der Waals surface area (Å²) in [6.07, 6.45) is 0. The van der Waals surface area contributed by atoms with E-state index in [1.54, 1.807) is 0 Å². The first-order chi connectivity index (χ1) is 6.84. The lowest BCUT2D eigenvalue weighted by Gasteiger charge is -2.05. The van der Waals surface area contributed by atoms with E-state index in [-0.39, 0.29) is 0 Å². The smallest absolute Gasteiger partial charge is 0.0394 e. The lowest BCUT2D eigenvalue weighted by Crippen LogP contribution is -1.89. The van der Waals surface area contributed by atoms with Crippen molar-refractivity contribution in [1.29, 1.82) is 0 Å². The van der Waals surface area contributed by atoms with Gasteiger partial charge < -0.3 is 5.32 Å². The Bertz CT molecular complexity index is 412. The van der Waals surface area contributed by atoms with Crippen LogP contribution in [0.25, 0.3) is 0 Å². The zero-order chi connectivity index (χ0) is 9.80. The summed E-state index contributed by atoms with van der Waals surface area (Å²) in [5.41, 5.74) is 2.25. The van der Waals surface area contributed by atoms with E-state index in [0.717, 1.165) is 11.4 Å². The van der Waals surface area contributed by atoms with Gasteiger partial charge in [0.1, 0.15) is 0 Å². The average Bonchev–Trinajstić information content (AvgIpc) is 2.19. The Morgan fingerprint density at radius 1 is 0.786 bits per heavy atom. The van der Waals surface area contributed by atoms with Crippen LogP contribution in [0.4, 0.5) is 11.4 Å². The first kappa shape index (κ1) is 9.52. The number of halogens is 1. The molecule has 0 saturated carbocycles. The number of benzene rings is 2. The molecule has 0 spiro atoms. The average molecular weight is 295 g/mol. The van der Waals surface area contributed by atoms with Gasteiger partial charge >= 0.3 is 0 Å². The Labute approximate surface area is 97.3 Å². The van der Waals surface area contributed by atoms with Crippen molar-refractivity contribution in [2.45, 2.75) is 0 Å². The molecule has 1 N–H and O–H groups in total. The van der Waals surface area contributed by atoms with Gasteiger partial charge in [-0.2, -0.15) is 0 Å². The van der Waals surface area contributed by atoms with Crippen LogP contribution in [0.1, 0.15) is 0 Å². The van der Waals surface area contributed by atoms with E-state index in [1.165, 1.54) is 3.57 Å². The maximum Gasteiger partial charge on any atom is 0.0394 e. The van der Waals surface area contributed by atoms with E-state index in [4.69, 9.17) is 0 Å². The second-order valence-electron chi connectivity index (χ2n) is 3.00. The van der Waals surface area contributed by atoms with Gasteiger partial charge in [-0.3, -0.25) is 0 Å². The van der Waals surface area contributed by atoms with Gasteiger partial charge in [0.2, 0.25) is 0 Å². The maximum absolute atomic E-state index is 3.34. The highest BCUT2D eigenvalue weighted by Gasteiger charge is 1.93. The molecule has 0 heterocycles. The van der Waals surface area contributed by atoms with Crippen LogP contribution in [-0.4, -0.2) is 0 Å².